The van der Waals surface area contributed by atoms with Crippen molar-refractivity contribution in [1.29, 1.82) is 0 Å². The lowest BCUT2D eigenvalue weighted by Gasteiger charge is -2.47. The molecule has 1 N–H and O–H groups in total. The summed E-state index contributed by atoms with van der Waals surface area (Å²) < 4.78 is 0. The summed E-state index contributed by atoms with van der Waals surface area (Å²) in [6.45, 7) is 10.3. The Morgan fingerprint density at radius 1 is 1.35 bits per heavy atom. The maximum absolute atomic E-state index is 12.5. The summed E-state index contributed by atoms with van der Waals surface area (Å²) in [7, 11) is 0. The molecule has 0 spiro atoms. The number of hydrogen-bond donors (Lipinski definition) is 1. The van der Waals surface area contributed by atoms with Crippen LogP contribution in [0.1, 0.15) is 66.2 Å². The standard InChI is InChI=1S/C17H31NO2/c1-13(16(2,3)4)11-15(19)18-10-9-17(20)8-6-5-7-14(17)12-18/h13-14,20H,5-12H2,1-4H3. The predicted octanol–water partition coefficient (Wildman–Crippen LogP) is 3.21. The van der Waals surface area contributed by atoms with Gasteiger partial charge in [-0.2, -0.15) is 0 Å². The van der Waals surface area contributed by atoms with Crippen molar-refractivity contribution in [3.63, 3.8) is 0 Å². The molecule has 1 amide bonds. The van der Waals surface area contributed by atoms with Gasteiger partial charge in [0, 0.05) is 25.4 Å². The first-order valence-electron chi connectivity index (χ1n) is 8.22. The number of piperidine rings is 1. The second-order valence-corrected chi connectivity index (χ2v) is 8.11. The van der Waals surface area contributed by atoms with Crippen LogP contribution in [0.5, 0.6) is 0 Å². The highest BCUT2D eigenvalue weighted by atomic mass is 16.3. The second-order valence-electron chi connectivity index (χ2n) is 8.11. The Morgan fingerprint density at radius 2 is 2.05 bits per heavy atom. The molecule has 3 atom stereocenters. The molecule has 0 aromatic rings. The van der Waals surface area contributed by atoms with Gasteiger partial charge in [0.25, 0.3) is 0 Å². The zero-order valence-corrected chi connectivity index (χ0v) is 13.6. The third kappa shape index (κ3) is 3.36. The average molecular weight is 281 g/mol. The van der Waals surface area contributed by atoms with E-state index in [4.69, 9.17) is 0 Å². The van der Waals surface area contributed by atoms with Gasteiger partial charge >= 0.3 is 0 Å². The van der Waals surface area contributed by atoms with E-state index in [9.17, 15) is 9.90 Å². The van der Waals surface area contributed by atoms with Gasteiger partial charge in [-0.15, -0.1) is 0 Å². The average Bonchev–Trinajstić information content (AvgIpc) is 2.36. The van der Waals surface area contributed by atoms with E-state index in [1.54, 1.807) is 0 Å². The number of rotatable bonds is 2. The van der Waals surface area contributed by atoms with Crippen molar-refractivity contribution in [3.05, 3.63) is 0 Å². The number of carbonyl (C=O) groups is 1. The Bertz CT molecular complexity index is 360. The number of fused-ring (bicyclic) bond motifs is 1. The van der Waals surface area contributed by atoms with Crippen molar-refractivity contribution >= 4 is 5.91 Å². The highest BCUT2D eigenvalue weighted by Crippen LogP contribution is 2.40. The minimum absolute atomic E-state index is 0.178. The summed E-state index contributed by atoms with van der Waals surface area (Å²) >= 11 is 0. The van der Waals surface area contributed by atoms with Gasteiger partial charge in [-0.1, -0.05) is 40.5 Å². The van der Waals surface area contributed by atoms with Gasteiger partial charge < -0.3 is 10.0 Å². The molecule has 20 heavy (non-hydrogen) atoms. The number of hydrogen-bond acceptors (Lipinski definition) is 2. The fraction of sp³-hybridized carbons (Fsp3) is 0.941. The molecule has 1 aliphatic carbocycles. The van der Waals surface area contributed by atoms with E-state index in [1.807, 2.05) is 4.90 Å². The minimum atomic E-state index is -0.481. The van der Waals surface area contributed by atoms with E-state index in [0.717, 1.165) is 38.8 Å². The van der Waals surface area contributed by atoms with Gasteiger partial charge in [0.05, 0.1) is 5.60 Å². The molecule has 2 rings (SSSR count). The number of carbonyl (C=O) groups excluding carboxylic acids is 1. The Hall–Kier alpha value is -0.570. The van der Waals surface area contributed by atoms with Gasteiger partial charge in [0.1, 0.15) is 0 Å². The van der Waals surface area contributed by atoms with Crippen LogP contribution in [-0.2, 0) is 4.79 Å². The van der Waals surface area contributed by atoms with E-state index in [1.165, 1.54) is 6.42 Å². The summed E-state index contributed by atoms with van der Waals surface area (Å²) in [5.74, 6) is 0.973. The summed E-state index contributed by atoms with van der Waals surface area (Å²) in [6, 6.07) is 0. The minimum Gasteiger partial charge on any atom is -0.389 e. The molecule has 2 aliphatic rings. The Balaban J connectivity index is 1.93. The fourth-order valence-electron chi connectivity index (χ4n) is 3.49. The Morgan fingerprint density at radius 3 is 2.70 bits per heavy atom. The van der Waals surface area contributed by atoms with E-state index >= 15 is 0 Å². The molecule has 3 heteroatoms. The molecule has 1 saturated heterocycles. The molecule has 0 radical (unpaired) electrons. The van der Waals surface area contributed by atoms with Crippen LogP contribution in [0.15, 0.2) is 0 Å². The Labute approximate surface area is 123 Å². The van der Waals surface area contributed by atoms with Gasteiger partial charge in [-0.25, -0.2) is 0 Å². The maximum atomic E-state index is 12.5. The van der Waals surface area contributed by atoms with Crippen LogP contribution in [0, 0.1) is 17.3 Å². The lowest BCUT2D eigenvalue weighted by Crippen LogP contribution is -2.54. The summed E-state index contributed by atoms with van der Waals surface area (Å²) in [4.78, 5) is 14.5. The number of aliphatic hydroxyl groups is 1. The molecule has 116 valence electrons. The molecule has 0 aromatic heterocycles. The van der Waals surface area contributed by atoms with Crippen LogP contribution in [0.4, 0.5) is 0 Å². The summed E-state index contributed by atoms with van der Waals surface area (Å²) in [5, 5.41) is 10.7. The third-order valence-electron chi connectivity index (χ3n) is 5.74. The molecule has 0 bridgehead atoms. The predicted molar refractivity (Wildman–Crippen MR) is 81.3 cm³/mol. The van der Waals surface area contributed by atoms with Crippen LogP contribution in [0.2, 0.25) is 0 Å². The normalized spacial score (nSPS) is 32.6. The van der Waals surface area contributed by atoms with Crippen molar-refractivity contribution in [2.75, 3.05) is 13.1 Å². The molecule has 0 aromatic carbocycles. The fourth-order valence-corrected chi connectivity index (χ4v) is 3.49. The van der Waals surface area contributed by atoms with Crippen molar-refractivity contribution in [2.45, 2.75) is 71.8 Å². The van der Waals surface area contributed by atoms with Crippen molar-refractivity contribution in [3.8, 4) is 0 Å². The molecular weight excluding hydrogens is 250 g/mol. The van der Waals surface area contributed by atoms with Crippen molar-refractivity contribution in [2.24, 2.45) is 17.3 Å². The van der Waals surface area contributed by atoms with Gasteiger partial charge in [0.15, 0.2) is 0 Å². The summed E-state index contributed by atoms with van der Waals surface area (Å²) in [6.07, 6.45) is 5.75. The molecule has 3 nitrogen and oxygen atoms in total. The van der Waals surface area contributed by atoms with E-state index in [0.29, 0.717) is 18.3 Å². The molecular formula is C17H31NO2. The molecule has 1 heterocycles. The maximum Gasteiger partial charge on any atom is 0.222 e. The topological polar surface area (TPSA) is 40.5 Å². The lowest BCUT2D eigenvalue weighted by molar-refractivity contribution is -0.144. The third-order valence-corrected chi connectivity index (χ3v) is 5.74. The Kier molecular flexibility index (Phi) is 4.48. The van der Waals surface area contributed by atoms with E-state index in [-0.39, 0.29) is 11.3 Å². The van der Waals surface area contributed by atoms with Crippen LogP contribution in [0.25, 0.3) is 0 Å². The van der Waals surface area contributed by atoms with Crippen molar-refractivity contribution in [1.82, 2.24) is 4.90 Å². The molecule has 3 unspecified atom stereocenters. The molecule has 1 aliphatic heterocycles. The largest absolute Gasteiger partial charge is 0.389 e. The van der Waals surface area contributed by atoms with Gasteiger partial charge in [-0.05, 0) is 30.6 Å². The van der Waals surface area contributed by atoms with Crippen LogP contribution < -0.4 is 0 Å². The number of amides is 1. The zero-order valence-electron chi connectivity index (χ0n) is 13.6. The number of nitrogens with zero attached hydrogens (tertiary/aromatic N) is 1. The zero-order chi connectivity index (χ0) is 15.0. The number of likely N-dealkylation sites (tertiary alicyclic amines) is 1. The van der Waals surface area contributed by atoms with E-state index in [2.05, 4.69) is 27.7 Å². The first kappa shape index (κ1) is 15.8. The van der Waals surface area contributed by atoms with E-state index < -0.39 is 5.60 Å². The van der Waals surface area contributed by atoms with Crippen molar-refractivity contribution < 1.29 is 9.90 Å². The first-order valence-corrected chi connectivity index (χ1v) is 8.22. The van der Waals surface area contributed by atoms with Gasteiger partial charge in [-0.3, -0.25) is 4.79 Å². The smallest absolute Gasteiger partial charge is 0.222 e. The van der Waals surface area contributed by atoms with Gasteiger partial charge in [0.2, 0.25) is 5.91 Å². The van der Waals surface area contributed by atoms with Crippen LogP contribution in [0.3, 0.4) is 0 Å². The highest BCUT2D eigenvalue weighted by Gasteiger charge is 2.43. The molecule has 2 fully saturated rings. The quantitative estimate of drug-likeness (QED) is 0.844. The van der Waals surface area contributed by atoms with Crippen LogP contribution in [-0.4, -0.2) is 34.6 Å². The SMILES string of the molecule is CC(CC(=O)N1CCC2(O)CCCCC2C1)C(C)(C)C. The first-order chi connectivity index (χ1) is 9.22. The van der Waals surface area contributed by atoms with Crippen LogP contribution >= 0.6 is 0 Å². The monoisotopic (exact) mass is 281 g/mol. The second kappa shape index (κ2) is 5.67. The summed E-state index contributed by atoms with van der Waals surface area (Å²) in [5.41, 5.74) is -0.304. The molecule has 1 saturated carbocycles. The highest BCUT2D eigenvalue weighted by molar-refractivity contribution is 5.76. The lowest BCUT2D eigenvalue weighted by atomic mass is 9.71.